The Labute approximate surface area is 146 Å². The van der Waals surface area contributed by atoms with Gasteiger partial charge in [-0.3, -0.25) is 4.79 Å². The first-order valence-electron chi connectivity index (χ1n) is 8.45. The molecule has 0 radical (unpaired) electrons. The minimum atomic E-state index is -0.899. The van der Waals surface area contributed by atoms with E-state index in [1.165, 1.54) is 13.4 Å². The number of aromatic nitrogens is 3. The number of hydrogen-bond donors (Lipinski definition) is 1. The molecule has 1 aromatic heterocycles. The average Bonchev–Trinajstić information content (AvgIpc) is 3.15. The molecule has 1 aromatic carbocycles. The topological polar surface area (TPSA) is 86.1 Å². The summed E-state index contributed by atoms with van der Waals surface area (Å²) in [7, 11) is 1.36. The Morgan fingerprint density at radius 3 is 2.52 bits per heavy atom. The van der Waals surface area contributed by atoms with E-state index >= 15 is 0 Å². The molecule has 0 unspecified atom stereocenters. The van der Waals surface area contributed by atoms with Crippen molar-refractivity contribution < 1.29 is 14.3 Å². The van der Waals surface area contributed by atoms with Crippen molar-refractivity contribution in [2.45, 2.75) is 44.2 Å². The molecule has 7 heteroatoms. The van der Waals surface area contributed by atoms with Crippen molar-refractivity contribution in [3.8, 4) is 0 Å². The number of rotatable bonds is 5. The van der Waals surface area contributed by atoms with Gasteiger partial charge in [-0.05, 0) is 30.5 Å². The molecule has 7 nitrogen and oxygen atoms in total. The van der Waals surface area contributed by atoms with Crippen LogP contribution in [0.25, 0.3) is 0 Å². The third-order valence-electron chi connectivity index (χ3n) is 4.66. The van der Waals surface area contributed by atoms with Gasteiger partial charge in [0.05, 0.1) is 13.7 Å². The second-order valence-electron chi connectivity index (χ2n) is 6.38. The van der Waals surface area contributed by atoms with Gasteiger partial charge in [-0.25, -0.2) is 14.5 Å². The van der Waals surface area contributed by atoms with E-state index in [0.717, 1.165) is 24.8 Å². The van der Waals surface area contributed by atoms with Crippen molar-refractivity contribution in [1.82, 2.24) is 20.1 Å². The number of esters is 1. The van der Waals surface area contributed by atoms with Gasteiger partial charge in [0, 0.05) is 5.56 Å². The molecule has 2 aromatic rings. The zero-order valence-electron chi connectivity index (χ0n) is 14.3. The molecule has 0 atom stereocenters. The lowest BCUT2D eigenvalue weighted by Gasteiger charge is -2.35. The van der Waals surface area contributed by atoms with Crippen LogP contribution in [-0.2, 0) is 16.1 Å². The predicted octanol–water partition coefficient (Wildman–Crippen LogP) is 1.93. The molecule has 1 saturated carbocycles. The van der Waals surface area contributed by atoms with Crippen LogP contribution in [0.4, 0.5) is 0 Å². The summed E-state index contributed by atoms with van der Waals surface area (Å²) in [4.78, 5) is 28.8. The highest BCUT2D eigenvalue weighted by Crippen LogP contribution is 2.29. The SMILES string of the molecule is COC(=O)C1(NC(=O)c2ccc(Cn3cncn3)cc2)CCCCC1. The molecule has 3 rings (SSSR count). The number of carbonyl (C=O) groups excluding carboxylic acids is 2. The molecule has 1 heterocycles. The monoisotopic (exact) mass is 342 g/mol. The third kappa shape index (κ3) is 3.87. The first-order valence-corrected chi connectivity index (χ1v) is 8.45. The van der Waals surface area contributed by atoms with Crippen molar-refractivity contribution in [1.29, 1.82) is 0 Å². The summed E-state index contributed by atoms with van der Waals surface area (Å²) >= 11 is 0. The van der Waals surface area contributed by atoms with Gasteiger partial charge in [0.25, 0.3) is 5.91 Å². The molecule has 1 fully saturated rings. The molecule has 1 aliphatic rings. The van der Waals surface area contributed by atoms with Crippen LogP contribution in [0.3, 0.4) is 0 Å². The summed E-state index contributed by atoms with van der Waals surface area (Å²) in [6.45, 7) is 0.591. The number of nitrogens with one attached hydrogen (secondary N) is 1. The Morgan fingerprint density at radius 2 is 1.92 bits per heavy atom. The van der Waals surface area contributed by atoms with Gasteiger partial charge in [0.2, 0.25) is 0 Å². The number of nitrogens with zero attached hydrogens (tertiary/aromatic N) is 3. The molecular formula is C18H22N4O3. The summed E-state index contributed by atoms with van der Waals surface area (Å²) < 4.78 is 6.65. The van der Waals surface area contributed by atoms with Gasteiger partial charge in [0.1, 0.15) is 18.2 Å². The molecule has 25 heavy (non-hydrogen) atoms. The zero-order valence-corrected chi connectivity index (χ0v) is 14.3. The normalized spacial score (nSPS) is 16.2. The van der Waals surface area contributed by atoms with E-state index in [2.05, 4.69) is 15.4 Å². The Kier molecular flexibility index (Phi) is 5.11. The molecule has 0 spiro atoms. The van der Waals surface area contributed by atoms with E-state index in [-0.39, 0.29) is 11.9 Å². The van der Waals surface area contributed by atoms with E-state index in [1.807, 2.05) is 12.1 Å². The van der Waals surface area contributed by atoms with Crippen LogP contribution in [0.2, 0.25) is 0 Å². The Balaban J connectivity index is 1.70. The molecular weight excluding hydrogens is 320 g/mol. The number of benzene rings is 1. The van der Waals surface area contributed by atoms with E-state index in [9.17, 15) is 9.59 Å². The second-order valence-corrected chi connectivity index (χ2v) is 6.38. The van der Waals surface area contributed by atoms with Crippen LogP contribution >= 0.6 is 0 Å². The molecule has 0 bridgehead atoms. The summed E-state index contributed by atoms with van der Waals surface area (Å²) in [5.41, 5.74) is 0.641. The number of carbonyl (C=O) groups is 2. The maximum absolute atomic E-state index is 12.6. The van der Waals surface area contributed by atoms with Gasteiger partial charge >= 0.3 is 5.97 Å². The number of hydrogen-bond acceptors (Lipinski definition) is 5. The number of amides is 1. The summed E-state index contributed by atoms with van der Waals surface area (Å²) in [5.74, 6) is -0.608. The van der Waals surface area contributed by atoms with Crippen LogP contribution in [0.5, 0.6) is 0 Å². The van der Waals surface area contributed by atoms with Gasteiger partial charge in [-0.15, -0.1) is 0 Å². The Bertz CT molecular complexity index is 719. The third-order valence-corrected chi connectivity index (χ3v) is 4.66. The fourth-order valence-electron chi connectivity index (χ4n) is 3.28. The van der Waals surface area contributed by atoms with Crippen molar-refractivity contribution in [3.05, 3.63) is 48.0 Å². The second kappa shape index (κ2) is 7.46. The molecule has 0 saturated heterocycles. The average molecular weight is 342 g/mol. The highest BCUT2D eigenvalue weighted by Gasteiger charge is 2.42. The lowest BCUT2D eigenvalue weighted by molar-refractivity contribution is -0.149. The van der Waals surface area contributed by atoms with Crippen molar-refractivity contribution in [2.24, 2.45) is 0 Å². The van der Waals surface area contributed by atoms with Crippen molar-refractivity contribution >= 4 is 11.9 Å². The maximum Gasteiger partial charge on any atom is 0.331 e. The molecule has 1 N–H and O–H groups in total. The summed E-state index contributed by atoms with van der Waals surface area (Å²) in [5, 5.41) is 6.98. The highest BCUT2D eigenvalue weighted by molar-refractivity contribution is 5.98. The van der Waals surface area contributed by atoms with Gasteiger partial charge in [0.15, 0.2) is 0 Å². The fraction of sp³-hybridized carbons (Fsp3) is 0.444. The van der Waals surface area contributed by atoms with Gasteiger partial charge < -0.3 is 10.1 Å². The quantitative estimate of drug-likeness (QED) is 0.839. The van der Waals surface area contributed by atoms with E-state index < -0.39 is 5.54 Å². The molecule has 0 aliphatic heterocycles. The van der Waals surface area contributed by atoms with Crippen LogP contribution in [0.1, 0.15) is 48.0 Å². The van der Waals surface area contributed by atoms with Crippen molar-refractivity contribution in [3.63, 3.8) is 0 Å². The lowest BCUT2D eigenvalue weighted by atomic mass is 9.81. The molecule has 132 valence electrons. The Morgan fingerprint density at radius 1 is 1.20 bits per heavy atom. The fourth-order valence-corrected chi connectivity index (χ4v) is 3.28. The smallest absolute Gasteiger partial charge is 0.331 e. The zero-order chi connectivity index (χ0) is 17.7. The summed E-state index contributed by atoms with van der Waals surface area (Å²) in [6, 6.07) is 7.27. The van der Waals surface area contributed by atoms with Crippen LogP contribution in [0, 0.1) is 0 Å². The highest BCUT2D eigenvalue weighted by atomic mass is 16.5. The molecule has 1 amide bonds. The summed E-state index contributed by atoms with van der Waals surface area (Å²) in [6.07, 6.45) is 7.26. The van der Waals surface area contributed by atoms with Crippen LogP contribution in [0.15, 0.2) is 36.9 Å². The Hall–Kier alpha value is -2.70. The van der Waals surface area contributed by atoms with Gasteiger partial charge in [-0.1, -0.05) is 31.4 Å². The standard InChI is InChI=1S/C18H22N4O3/c1-25-17(24)18(9-3-2-4-10-18)21-16(23)15-7-5-14(6-8-15)11-22-13-19-12-20-22/h5-8,12-13H,2-4,9-11H2,1H3,(H,21,23). The lowest BCUT2D eigenvalue weighted by Crippen LogP contribution is -2.56. The van der Waals surface area contributed by atoms with E-state index in [4.69, 9.17) is 4.74 Å². The van der Waals surface area contributed by atoms with Crippen molar-refractivity contribution in [2.75, 3.05) is 7.11 Å². The minimum Gasteiger partial charge on any atom is -0.467 e. The predicted molar refractivity (Wildman–Crippen MR) is 90.9 cm³/mol. The largest absolute Gasteiger partial charge is 0.467 e. The first-order chi connectivity index (χ1) is 12.1. The first kappa shape index (κ1) is 17.1. The minimum absolute atomic E-state index is 0.250. The van der Waals surface area contributed by atoms with Gasteiger partial charge in [-0.2, -0.15) is 5.10 Å². The molecule has 1 aliphatic carbocycles. The van der Waals surface area contributed by atoms with Crippen LogP contribution < -0.4 is 5.32 Å². The number of methoxy groups -OCH3 is 1. The van der Waals surface area contributed by atoms with E-state index in [0.29, 0.717) is 24.9 Å². The number of ether oxygens (including phenoxy) is 1. The maximum atomic E-state index is 12.6. The van der Waals surface area contributed by atoms with Crippen LogP contribution in [-0.4, -0.2) is 39.3 Å². The van der Waals surface area contributed by atoms with E-state index in [1.54, 1.807) is 23.1 Å².